The molecule has 14 heavy (non-hydrogen) atoms. The molecule has 0 aromatic carbocycles. The van der Waals surface area contributed by atoms with E-state index in [2.05, 4.69) is 4.98 Å². The molecule has 0 amide bonds. The van der Waals surface area contributed by atoms with Crippen molar-refractivity contribution in [2.45, 2.75) is 18.9 Å². The maximum Gasteiger partial charge on any atom is 0.252 e. The number of H-pyrrole nitrogens is 1. The van der Waals surface area contributed by atoms with E-state index in [0.29, 0.717) is 11.5 Å². The highest BCUT2D eigenvalue weighted by Gasteiger charge is 2.18. The first-order chi connectivity index (χ1) is 6.81. The van der Waals surface area contributed by atoms with Gasteiger partial charge in [0.1, 0.15) is 0 Å². The summed E-state index contributed by atoms with van der Waals surface area (Å²) in [4.78, 5) is 14.0. The van der Waals surface area contributed by atoms with E-state index >= 15 is 0 Å². The highest BCUT2D eigenvalue weighted by atomic mass is 16.5. The van der Waals surface area contributed by atoms with Gasteiger partial charge in [-0.2, -0.15) is 0 Å². The van der Waals surface area contributed by atoms with Gasteiger partial charge in [-0.15, -0.1) is 0 Å². The Kier molecular flexibility index (Phi) is 2.65. The zero-order valence-electron chi connectivity index (χ0n) is 7.95. The van der Waals surface area contributed by atoms with Crippen LogP contribution in [0.3, 0.4) is 0 Å². The van der Waals surface area contributed by atoms with E-state index in [1.165, 1.54) is 0 Å². The average Bonchev–Trinajstić information content (AvgIpc) is 2.71. The van der Waals surface area contributed by atoms with Crippen LogP contribution in [0.15, 0.2) is 17.1 Å². The van der Waals surface area contributed by atoms with Crippen LogP contribution in [0.4, 0.5) is 0 Å². The molecule has 4 heteroatoms. The number of ether oxygens (including phenoxy) is 1. The zero-order chi connectivity index (χ0) is 9.97. The Balaban J connectivity index is 2.30. The van der Waals surface area contributed by atoms with Crippen LogP contribution in [0.2, 0.25) is 0 Å². The van der Waals surface area contributed by atoms with Crippen LogP contribution in [0, 0.1) is 0 Å². The highest BCUT2D eigenvalue weighted by Crippen LogP contribution is 2.24. The summed E-state index contributed by atoms with van der Waals surface area (Å²) in [6.07, 6.45) is 2.79. The number of nitrogens with one attached hydrogen (secondary N) is 1. The van der Waals surface area contributed by atoms with Gasteiger partial charge in [-0.25, -0.2) is 0 Å². The summed E-state index contributed by atoms with van der Waals surface area (Å²) in [5.41, 5.74) is 7.15. The summed E-state index contributed by atoms with van der Waals surface area (Å²) >= 11 is 0. The molecule has 0 spiro atoms. The molecular formula is C10H14N2O2. The van der Waals surface area contributed by atoms with Crippen molar-refractivity contribution < 1.29 is 4.74 Å². The van der Waals surface area contributed by atoms with Gasteiger partial charge >= 0.3 is 0 Å². The van der Waals surface area contributed by atoms with E-state index in [-0.39, 0.29) is 12.1 Å². The third-order valence-corrected chi connectivity index (χ3v) is 2.62. The van der Waals surface area contributed by atoms with Crippen molar-refractivity contribution in [1.82, 2.24) is 4.98 Å². The van der Waals surface area contributed by atoms with Gasteiger partial charge in [0, 0.05) is 30.8 Å². The Morgan fingerprint density at radius 3 is 3.14 bits per heavy atom. The molecular weight excluding hydrogens is 180 g/mol. The SMILES string of the molecule is NCc1cc(C2CCOC2)c[nH]c1=O. The van der Waals surface area contributed by atoms with Crippen molar-refractivity contribution in [2.24, 2.45) is 5.73 Å². The van der Waals surface area contributed by atoms with Gasteiger partial charge in [-0.1, -0.05) is 0 Å². The highest BCUT2D eigenvalue weighted by molar-refractivity contribution is 5.22. The molecule has 0 bridgehead atoms. The number of aromatic nitrogens is 1. The lowest BCUT2D eigenvalue weighted by Crippen LogP contribution is -2.17. The summed E-state index contributed by atoms with van der Waals surface area (Å²) in [5.74, 6) is 0.414. The first kappa shape index (κ1) is 9.43. The van der Waals surface area contributed by atoms with Crippen LogP contribution in [-0.2, 0) is 11.3 Å². The van der Waals surface area contributed by atoms with Crippen molar-refractivity contribution in [3.63, 3.8) is 0 Å². The molecule has 1 saturated heterocycles. The fourth-order valence-electron chi connectivity index (χ4n) is 1.73. The second-order valence-electron chi connectivity index (χ2n) is 3.55. The number of nitrogens with two attached hydrogens (primary N) is 1. The molecule has 2 rings (SSSR count). The molecule has 76 valence electrons. The van der Waals surface area contributed by atoms with Gasteiger partial charge in [-0.3, -0.25) is 4.79 Å². The van der Waals surface area contributed by atoms with E-state index < -0.39 is 0 Å². The zero-order valence-corrected chi connectivity index (χ0v) is 7.95. The topological polar surface area (TPSA) is 68.1 Å². The summed E-state index contributed by atoms with van der Waals surface area (Å²) in [7, 11) is 0. The van der Waals surface area contributed by atoms with E-state index in [0.717, 1.165) is 25.2 Å². The maximum atomic E-state index is 11.3. The minimum Gasteiger partial charge on any atom is -0.381 e. The number of rotatable bonds is 2. The lowest BCUT2D eigenvalue weighted by atomic mass is 9.99. The van der Waals surface area contributed by atoms with E-state index in [4.69, 9.17) is 10.5 Å². The predicted octanol–water partition coefficient (Wildman–Crippen LogP) is 0.337. The number of pyridine rings is 1. The Hall–Kier alpha value is -1.13. The summed E-state index contributed by atoms with van der Waals surface area (Å²) < 4.78 is 5.29. The number of aromatic amines is 1. The van der Waals surface area contributed by atoms with Gasteiger partial charge in [0.05, 0.1) is 6.61 Å². The van der Waals surface area contributed by atoms with Crippen LogP contribution in [0.25, 0.3) is 0 Å². The normalized spacial score (nSPS) is 21.4. The molecule has 1 aromatic heterocycles. The van der Waals surface area contributed by atoms with Gasteiger partial charge in [0.15, 0.2) is 0 Å². The molecule has 1 aliphatic heterocycles. The van der Waals surface area contributed by atoms with E-state index in [1.54, 1.807) is 6.20 Å². The van der Waals surface area contributed by atoms with Gasteiger partial charge in [0.2, 0.25) is 0 Å². The Morgan fingerprint density at radius 1 is 1.64 bits per heavy atom. The first-order valence-corrected chi connectivity index (χ1v) is 4.80. The van der Waals surface area contributed by atoms with Gasteiger partial charge < -0.3 is 15.5 Å². The lowest BCUT2D eigenvalue weighted by Gasteiger charge is -2.08. The molecule has 1 unspecified atom stereocenters. The number of hydrogen-bond donors (Lipinski definition) is 2. The average molecular weight is 194 g/mol. The Morgan fingerprint density at radius 2 is 2.50 bits per heavy atom. The van der Waals surface area contributed by atoms with Crippen molar-refractivity contribution >= 4 is 0 Å². The molecule has 0 aliphatic carbocycles. The van der Waals surface area contributed by atoms with Crippen LogP contribution < -0.4 is 11.3 Å². The fourth-order valence-corrected chi connectivity index (χ4v) is 1.73. The molecule has 0 radical (unpaired) electrons. The largest absolute Gasteiger partial charge is 0.381 e. The second kappa shape index (κ2) is 3.94. The molecule has 1 aliphatic rings. The molecule has 2 heterocycles. The molecule has 0 saturated carbocycles. The second-order valence-corrected chi connectivity index (χ2v) is 3.55. The van der Waals surface area contributed by atoms with E-state index in [1.807, 2.05) is 6.07 Å². The van der Waals surface area contributed by atoms with Crippen LogP contribution >= 0.6 is 0 Å². The van der Waals surface area contributed by atoms with Gasteiger partial charge in [-0.05, 0) is 18.1 Å². The minimum atomic E-state index is -0.0878. The van der Waals surface area contributed by atoms with Crippen molar-refractivity contribution in [3.8, 4) is 0 Å². The molecule has 4 nitrogen and oxygen atoms in total. The van der Waals surface area contributed by atoms with Crippen LogP contribution in [0.5, 0.6) is 0 Å². The molecule has 1 atom stereocenters. The van der Waals surface area contributed by atoms with E-state index in [9.17, 15) is 4.79 Å². The standard InChI is InChI=1S/C10H14N2O2/c11-4-8-3-9(5-12-10(8)13)7-1-2-14-6-7/h3,5,7H,1-2,4,6,11H2,(H,12,13). The Bertz CT molecular complexity index is 367. The molecule has 1 aromatic rings. The quantitative estimate of drug-likeness (QED) is 0.713. The first-order valence-electron chi connectivity index (χ1n) is 4.80. The van der Waals surface area contributed by atoms with Crippen LogP contribution in [0.1, 0.15) is 23.5 Å². The molecule has 3 N–H and O–H groups in total. The van der Waals surface area contributed by atoms with Crippen molar-refractivity contribution in [1.29, 1.82) is 0 Å². The lowest BCUT2D eigenvalue weighted by molar-refractivity contribution is 0.194. The third-order valence-electron chi connectivity index (χ3n) is 2.62. The molecule has 1 fully saturated rings. The Labute approximate surface area is 82.1 Å². The predicted molar refractivity (Wildman–Crippen MR) is 53.1 cm³/mol. The van der Waals surface area contributed by atoms with Crippen molar-refractivity contribution in [3.05, 3.63) is 33.7 Å². The monoisotopic (exact) mass is 194 g/mol. The smallest absolute Gasteiger partial charge is 0.252 e. The third kappa shape index (κ3) is 1.71. The summed E-state index contributed by atoms with van der Waals surface area (Å²) in [6.45, 7) is 1.84. The summed E-state index contributed by atoms with van der Waals surface area (Å²) in [6, 6.07) is 1.89. The number of hydrogen-bond acceptors (Lipinski definition) is 3. The summed E-state index contributed by atoms with van der Waals surface area (Å²) in [5, 5.41) is 0. The maximum absolute atomic E-state index is 11.3. The fraction of sp³-hybridized carbons (Fsp3) is 0.500. The van der Waals surface area contributed by atoms with Crippen molar-refractivity contribution in [2.75, 3.05) is 13.2 Å². The van der Waals surface area contributed by atoms with Crippen LogP contribution in [-0.4, -0.2) is 18.2 Å². The van der Waals surface area contributed by atoms with Gasteiger partial charge in [0.25, 0.3) is 5.56 Å². The minimum absolute atomic E-state index is 0.0878.